The number of likely N-dealkylation sites (tertiary alicyclic amines) is 1. The number of benzene rings is 1. The molecule has 0 spiro atoms. The van der Waals surface area contributed by atoms with Crippen molar-refractivity contribution in [2.45, 2.75) is 29.0 Å². The number of nitrogens with zero attached hydrogens (tertiary/aromatic N) is 2. The summed E-state index contributed by atoms with van der Waals surface area (Å²) < 4.78 is 5.31. The highest BCUT2D eigenvalue weighted by Crippen LogP contribution is 2.68. The first-order valence-corrected chi connectivity index (χ1v) is 14.5. The van der Waals surface area contributed by atoms with Crippen LogP contribution in [0.3, 0.4) is 0 Å². The first kappa shape index (κ1) is 23.5. The lowest BCUT2D eigenvalue weighted by atomic mass is 9.68. The average molecular weight is 542 g/mol. The number of phenolic OH excluding ortho intramolecular Hbond substituents is 1. The molecule has 1 aromatic carbocycles. The smallest absolute Gasteiger partial charge is 0.305 e. The highest BCUT2D eigenvalue weighted by atomic mass is 32.2. The normalized spacial score (nSPS) is 34.0. The molecule has 7 atom stereocenters. The van der Waals surface area contributed by atoms with Gasteiger partial charge in [0, 0.05) is 42.1 Å². The molecular weight excluding hydrogens is 514 g/mol. The van der Waals surface area contributed by atoms with Crippen LogP contribution in [0.5, 0.6) is 5.75 Å². The number of amides is 3. The Morgan fingerprint density at radius 3 is 2.49 bits per heavy atom. The first-order valence-electron chi connectivity index (χ1n) is 12.8. The molecule has 0 radical (unpaired) electrons. The standard InChI is InChI=1S/C26H27N3O6S2/c30-13-3-1-12(2-4-13)17-18-14-11-15(21(18)36-23-22(17)37-26(34)27-23)20-19(14)24(32)29(25(20)33)6-5-16(31)28-7-9-35-10-8-28/h1-4,14-15,17-21,30H,5-11H2,(H,27,34). The average Bonchev–Trinajstić information content (AvgIpc) is 3.63. The van der Waals surface area contributed by atoms with Crippen molar-refractivity contribution in [1.29, 1.82) is 0 Å². The Labute approximate surface area is 221 Å². The zero-order valence-electron chi connectivity index (χ0n) is 20.0. The fourth-order valence-electron chi connectivity index (χ4n) is 7.53. The molecule has 7 unspecified atom stereocenters. The molecule has 194 valence electrons. The van der Waals surface area contributed by atoms with Gasteiger partial charge in [-0.3, -0.25) is 24.1 Å². The van der Waals surface area contributed by atoms with Crippen LogP contribution in [0.15, 0.2) is 34.1 Å². The molecule has 1 aromatic heterocycles. The number of hydrogen-bond donors (Lipinski definition) is 2. The van der Waals surface area contributed by atoms with Crippen LogP contribution in [0.1, 0.15) is 29.2 Å². The Kier molecular flexibility index (Phi) is 5.53. The monoisotopic (exact) mass is 541 g/mol. The van der Waals surface area contributed by atoms with E-state index in [9.17, 15) is 24.3 Å². The molecule has 2 saturated carbocycles. The number of aromatic hydroxyl groups is 1. The van der Waals surface area contributed by atoms with Crippen LogP contribution in [0.4, 0.5) is 0 Å². The lowest BCUT2D eigenvalue weighted by Crippen LogP contribution is -2.43. The van der Waals surface area contributed by atoms with Crippen molar-refractivity contribution in [1.82, 2.24) is 14.8 Å². The number of aromatic amines is 1. The summed E-state index contributed by atoms with van der Waals surface area (Å²) in [6.45, 7) is 2.24. The Bertz CT molecular complexity index is 1330. The number of hydrogen-bond acceptors (Lipinski definition) is 8. The quantitative estimate of drug-likeness (QED) is 0.567. The van der Waals surface area contributed by atoms with Gasteiger partial charge in [0.05, 0.1) is 30.1 Å². The topological polar surface area (TPSA) is 120 Å². The number of fused-ring (bicyclic) bond motifs is 9. The molecule has 2 aromatic rings. The minimum atomic E-state index is -0.366. The van der Waals surface area contributed by atoms with Crippen molar-refractivity contribution in [3.63, 3.8) is 0 Å². The summed E-state index contributed by atoms with van der Waals surface area (Å²) in [5.74, 6) is -0.723. The molecule has 3 aliphatic heterocycles. The van der Waals surface area contributed by atoms with Crippen molar-refractivity contribution in [3.8, 4) is 5.75 Å². The molecule has 2 bridgehead atoms. The zero-order valence-corrected chi connectivity index (χ0v) is 21.6. The van der Waals surface area contributed by atoms with E-state index in [1.54, 1.807) is 28.8 Å². The second-order valence-corrected chi connectivity index (χ2v) is 12.8. The van der Waals surface area contributed by atoms with Gasteiger partial charge in [-0.25, -0.2) is 0 Å². The molecule has 4 fully saturated rings. The van der Waals surface area contributed by atoms with Crippen LogP contribution < -0.4 is 4.87 Å². The number of H-pyrrole nitrogens is 1. The van der Waals surface area contributed by atoms with Gasteiger partial charge in [0.25, 0.3) is 0 Å². The SMILES string of the molecule is O=C(CCN1C(=O)C2C3CC(C2C1=O)C1C(c2ccc(O)cc2)c2sc(=O)[nH]c2SC31)N1CCOCC1. The molecule has 5 aliphatic rings. The van der Waals surface area contributed by atoms with Gasteiger partial charge in [-0.15, -0.1) is 11.8 Å². The molecule has 9 nitrogen and oxygen atoms in total. The molecule has 2 saturated heterocycles. The summed E-state index contributed by atoms with van der Waals surface area (Å²) in [7, 11) is 0. The third kappa shape index (κ3) is 3.54. The van der Waals surface area contributed by atoms with E-state index < -0.39 is 0 Å². The Hall–Kier alpha value is -2.63. The van der Waals surface area contributed by atoms with Gasteiger partial charge >= 0.3 is 4.87 Å². The Morgan fingerprint density at radius 1 is 1.05 bits per heavy atom. The van der Waals surface area contributed by atoms with E-state index >= 15 is 0 Å². The van der Waals surface area contributed by atoms with Gasteiger partial charge in [0.1, 0.15) is 5.75 Å². The van der Waals surface area contributed by atoms with E-state index in [1.165, 1.54) is 16.2 Å². The van der Waals surface area contributed by atoms with E-state index in [-0.39, 0.29) is 82.1 Å². The Balaban J connectivity index is 1.17. The maximum absolute atomic E-state index is 13.7. The van der Waals surface area contributed by atoms with Gasteiger partial charge in [0.2, 0.25) is 17.7 Å². The number of carbonyl (C=O) groups excluding carboxylic acids is 3. The second kappa shape index (κ2) is 8.71. The summed E-state index contributed by atoms with van der Waals surface area (Å²) in [6, 6.07) is 7.12. The summed E-state index contributed by atoms with van der Waals surface area (Å²) in [5, 5.41) is 10.8. The van der Waals surface area contributed by atoms with E-state index in [2.05, 4.69) is 4.98 Å². The van der Waals surface area contributed by atoms with E-state index in [0.29, 0.717) is 26.3 Å². The molecule has 37 heavy (non-hydrogen) atoms. The van der Waals surface area contributed by atoms with Gasteiger partial charge in [-0.2, -0.15) is 0 Å². The summed E-state index contributed by atoms with van der Waals surface area (Å²) in [5.41, 5.74) is 1.01. The zero-order chi connectivity index (χ0) is 25.4. The number of carbonyl (C=O) groups is 3. The van der Waals surface area contributed by atoms with Crippen molar-refractivity contribution in [2.24, 2.45) is 29.6 Å². The number of nitrogens with one attached hydrogen (secondary N) is 1. The number of imide groups is 1. The predicted molar refractivity (Wildman–Crippen MR) is 135 cm³/mol. The molecule has 4 heterocycles. The van der Waals surface area contributed by atoms with E-state index in [4.69, 9.17) is 4.74 Å². The summed E-state index contributed by atoms with van der Waals surface area (Å²) >= 11 is 2.87. The van der Waals surface area contributed by atoms with Crippen molar-refractivity contribution < 1.29 is 24.2 Å². The van der Waals surface area contributed by atoms with E-state index in [1.807, 2.05) is 12.1 Å². The van der Waals surface area contributed by atoms with Crippen molar-refractivity contribution in [2.75, 3.05) is 32.8 Å². The number of morpholine rings is 1. The van der Waals surface area contributed by atoms with Crippen LogP contribution in [-0.4, -0.2) is 75.7 Å². The number of ether oxygens (including phenoxy) is 1. The third-order valence-electron chi connectivity index (χ3n) is 8.98. The second-order valence-electron chi connectivity index (χ2n) is 10.6. The third-order valence-corrected chi connectivity index (χ3v) is 11.6. The van der Waals surface area contributed by atoms with E-state index in [0.717, 1.165) is 21.9 Å². The van der Waals surface area contributed by atoms with Gasteiger partial charge in [-0.1, -0.05) is 23.5 Å². The van der Waals surface area contributed by atoms with Gasteiger partial charge in [-0.05, 0) is 41.9 Å². The van der Waals surface area contributed by atoms with Crippen LogP contribution in [0, 0.1) is 29.6 Å². The Morgan fingerprint density at radius 2 is 1.76 bits per heavy atom. The maximum Gasteiger partial charge on any atom is 0.305 e. The molecule has 3 amide bonds. The molecule has 2 N–H and O–H groups in total. The number of thiazole rings is 1. The molecule has 2 aliphatic carbocycles. The lowest BCUT2D eigenvalue weighted by molar-refractivity contribution is -0.142. The number of phenols is 1. The minimum Gasteiger partial charge on any atom is -0.508 e. The van der Waals surface area contributed by atoms with Crippen LogP contribution >= 0.6 is 23.1 Å². The predicted octanol–water partition coefficient (Wildman–Crippen LogP) is 1.86. The molecular formula is C26H27N3O6S2. The molecule has 7 rings (SSSR count). The summed E-state index contributed by atoms with van der Waals surface area (Å²) in [4.78, 5) is 59.2. The maximum atomic E-state index is 13.7. The molecule has 11 heteroatoms. The minimum absolute atomic E-state index is 0.0352. The van der Waals surface area contributed by atoms with Gasteiger partial charge in [0.15, 0.2) is 0 Å². The van der Waals surface area contributed by atoms with Crippen molar-refractivity contribution in [3.05, 3.63) is 44.4 Å². The summed E-state index contributed by atoms with van der Waals surface area (Å²) in [6.07, 6.45) is 0.964. The lowest BCUT2D eigenvalue weighted by Gasteiger charge is -2.43. The largest absolute Gasteiger partial charge is 0.508 e. The van der Waals surface area contributed by atoms with Crippen molar-refractivity contribution >= 4 is 40.8 Å². The fourth-order valence-corrected chi connectivity index (χ4v) is 10.4. The number of rotatable bonds is 4. The highest BCUT2D eigenvalue weighted by molar-refractivity contribution is 8.00. The van der Waals surface area contributed by atoms with Gasteiger partial charge < -0.3 is 19.7 Å². The van der Waals surface area contributed by atoms with Crippen LogP contribution in [0.25, 0.3) is 0 Å². The van der Waals surface area contributed by atoms with Crippen LogP contribution in [-0.2, 0) is 19.1 Å². The number of thioether (sulfide) groups is 1. The first-order chi connectivity index (χ1) is 17.9. The fraction of sp³-hybridized carbons (Fsp3) is 0.538. The van der Waals surface area contributed by atoms with Crippen LogP contribution in [0.2, 0.25) is 0 Å². The number of aromatic nitrogens is 1. The highest BCUT2D eigenvalue weighted by Gasteiger charge is 2.69.